The van der Waals surface area contributed by atoms with Gasteiger partial charge in [-0.25, -0.2) is 0 Å². The van der Waals surface area contributed by atoms with Gasteiger partial charge in [0.15, 0.2) is 0 Å². The zero-order valence-corrected chi connectivity index (χ0v) is 9.98. The maximum absolute atomic E-state index is 12.0. The Morgan fingerprint density at radius 2 is 1.82 bits per heavy atom. The van der Waals surface area contributed by atoms with Crippen LogP contribution in [0, 0.1) is 11.3 Å². The molecule has 17 heavy (non-hydrogen) atoms. The van der Waals surface area contributed by atoms with Gasteiger partial charge >= 0.3 is 0 Å². The molecule has 0 aliphatic rings. The Bertz CT molecular complexity index is 572. The van der Waals surface area contributed by atoms with Crippen LogP contribution >= 0.6 is 0 Å². The second-order valence-corrected chi connectivity index (χ2v) is 5.07. The van der Waals surface area contributed by atoms with Crippen molar-refractivity contribution >= 4 is 10.8 Å². The van der Waals surface area contributed by atoms with Crippen molar-refractivity contribution < 1.29 is 4.21 Å². The molecule has 2 aromatic rings. The maximum atomic E-state index is 12.0. The predicted octanol–water partition coefficient (Wildman–Crippen LogP) is 2.87. The summed E-state index contributed by atoms with van der Waals surface area (Å²) in [6, 6.07) is 18.7. The van der Waals surface area contributed by atoms with E-state index in [4.69, 9.17) is 5.26 Å². The normalized spacial score (nSPS) is 11.7. The monoisotopic (exact) mass is 241 g/mol. The Labute approximate surface area is 103 Å². The van der Waals surface area contributed by atoms with E-state index >= 15 is 0 Å². The van der Waals surface area contributed by atoms with Gasteiger partial charge in [0.25, 0.3) is 0 Å². The summed E-state index contributed by atoms with van der Waals surface area (Å²) in [6.45, 7) is 0. The molecule has 0 aliphatic heterocycles. The molecule has 2 nitrogen and oxygen atoms in total. The molecule has 2 aromatic carbocycles. The van der Waals surface area contributed by atoms with Gasteiger partial charge < -0.3 is 0 Å². The molecule has 0 fully saturated rings. The first-order valence-corrected chi connectivity index (χ1v) is 6.54. The zero-order chi connectivity index (χ0) is 12.1. The Hall–Kier alpha value is -1.92. The number of nitrogens with zero attached hydrogens (tertiary/aromatic N) is 1. The molecule has 0 saturated heterocycles. The summed E-state index contributed by atoms with van der Waals surface area (Å²) < 4.78 is 12.0. The first kappa shape index (κ1) is 11.6. The Balaban J connectivity index is 2.17. The highest BCUT2D eigenvalue weighted by atomic mass is 32.2. The van der Waals surface area contributed by atoms with Crippen molar-refractivity contribution in [2.45, 2.75) is 10.6 Å². The van der Waals surface area contributed by atoms with E-state index in [9.17, 15) is 4.21 Å². The van der Waals surface area contributed by atoms with Gasteiger partial charge in [-0.1, -0.05) is 30.3 Å². The van der Waals surface area contributed by atoms with Gasteiger partial charge in [0.05, 0.1) is 28.2 Å². The van der Waals surface area contributed by atoms with Gasteiger partial charge in [0, 0.05) is 4.90 Å². The second-order valence-electron chi connectivity index (χ2n) is 3.62. The van der Waals surface area contributed by atoms with Crippen LogP contribution in [0.4, 0.5) is 0 Å². The number of nitriles is 1. The zero-order valence-electron chi connectivity index (χ0n) is 9.17. The minimum absolute atomic E-state index is 0.444. The summed E-state index contributed by atoms with van der Waals surface area (Å²) in [5.74, 6) is 0.444. The molecule has 0 saturated carbocycles. The van der Waals surface area contributed by atoms with Gasteiger partial charge in [-0.3, -0.25) is 4.21 Å². The summed E-state index contributed by atoms with van der Waals surface area (Å²) >= 11 is 0. The van der Waals surface area contributed by atoms with E-state index in [-0.39, 0.29) is 0 Å². The van der Waals surface area contributed by atoms with Crippen LogP contribution in [0.15, 0.2) is 59.5 Å². The Kier molecular flexibility index (Phi) is 3.69. The number of benzene rings is 2. The second kappa shape index (κ2) is 5.42. The molecule has 3 heteroatoms. The van der Waals surface area contributed by atoms with Gasteiger partial charge in [0.2, 0.25) is 0 Å². The van der Waals surface area contributed by atoms with Crippen molar-refractivity contribution in [3.05, 3.63) is 65.7 Å². The number of hydrogen-bond acceptors (Lipinski definition) is 2. The van der Waals surface area contributed by atoms with Crippen LogP contribution in [0.3, 0.4) is 0 Å². The van der Waals surface area contributed by atoms with E-state index in [1.807, 2.05) is 42.5 Å². The molecular weight excluding hydrogens is 230 g/mol. The van der Waals surface area contributed by atoms with Crippen LogP contribution in [0.1, 0.15) is 11.1 Å². The fraction of sp³-hybridized carbons (Fsp3) is 0.0714. The lowest BCUT2D eigenvalue weighted by molar-refractivity contribution is 0.682. The molecule has 0 spiro atoms. The van der Waals surface area contributed by atoms with Gasteiger partial charge in [-0.15, -0.1) is 0 Å². The van der Waals surface area contributed by atoms with E-state index in [1.54, 1.807) is 12.1 Å². The van der Waals surface area contributed by atoms with E-state index in [1.165, 1.54) is 0 Å². The summed E-state index contributed by atoms with van der Waals surface area (Å²) in [4.78, 5) is 0.815. The molecule has 0 aromatic heterocycles. The molecular formula is C14H11NOS. The quantitative estimate of drug-likeness (QED) is 0.829. The first-order valence-electron chi connectivity index (χ1n) is 5.22. The van der Waals surface area contributed by atoms with Crippen LogP contribution in [-0.4, -0.2) is 4.21 Å². The van der Waals surface area contributed by atoms with Crippen molar-refractivity contribution in [3.63, 3.8) is 0 Å². The molecule has 0 bridgehead atoms. The summed E-state index contributed by atoms with van der Waals surface area (Å²) in [7, 11) is -1.05. The van der Waals surface area contributed by atoms with Gasteiger partial charge in [-0.2, -0.15) is 5.26 Å². The van der Waals surface area contributed by atoms with Crippen LogP contribution in [0.5, 0.6) is 0 Å². The van der Waals surface area contributed by atoms with Crippen molar-refractivity contribution in [2.75, 3.05) is 0 Å². The highest BCUT2D eigenvalue weighted by Crippen LogP contribution is 2.13. The van der Waals surface area contributed by atoms with Crippen molar-refractivity contribution in [3.8, 4) is 6.07 Å². The first-order chi connectivity index (χ1) is 8.29. The maximum Gasteiger partial charge on any atom is 0.0991 e. The van der Waals surface area contributed by atoms with Crippen molar-refractivity contribution in [1.29, 1.82) is 5.26 Å². The fourth-order valence-corrected chi connectivity index (χ4v) is 2.65. The SMILES string of the molecule is N#Cc1cccc(CS(=O)c2ccccc2)c1. The molecule has 2 rings (SSSR count). The van der Waals surface area contributed by atoms with Crippen LogP contribution in [0.2, 0.25) is 0 Å². The molecule has 1 atom stereocenters. The molecule has 84 valence electrons. The molecule has 0 N–H and O–H groups in total. The topological polar surface area (TPSA) is 40.9 Å². The van der Waals surface area contributed by atoms with Crippen molar-refractivity contribution in [1.82, 2.24) is 0 Å². The molecule has 0 amide bonds. The van der Waals surface area contributed by atoms with Crippen LogP contribution < -0.4 is 0 Å². The lowest BCUT2D eigenvalue weighted by atomic mass is 10.2. The van der Waals surface area contributed by atoms with Crippen molar-refractivity contribution in [2.24, 2.45) is 0 Å². The van der Waals surface area contributed by atoms with E-state index in [0.29, 0.717) is 11.3 Å². The minimum atomic E-state index is -1.05. The highest BCUT2D eigenvalue weighted by Gasteiger charge is 2.04. The summed E-state index contributed by atoms with van der Waals surface area (Å²) in [5.41, 5.74) is 1.53. The highest BCUT2D eigenvalue weighted by molar-refractivity contribution is 7.84. The van der Waals surface area contributed by atoms with Gasteiger partial charge in [0.1, 0.15) is 0 Å². The standard InChI is InChI=1S/C14H11NOS/c15-10-12-5-4-6-13(9-12)11-17(16)14-7-2-1-3-8-14/h1-9H,11H2. The fourth-order valence-electron chi connectivity index (χ4n) is 1.54. The summed E-state index contributed by atoms with van der Waals surface area (Å²) in [5, 5.41) is 8.79. The van der Waals surface area contributed by atoms with Crippen LogP contribution in [-0.2, 0) is 16.6 Å². The molecule has 1 unspecified atom stereocenters. The molecule has 0 aliphatic carbocycles. The van der Waals surface area contributed by atoms with Gasteiger partial charge in [-0.05, 0) is 29.8 Å². The number of rotatable bonds is 3. The predicted molar refractivity (Wildman–Crippen MR) is 67.7 cm³/mol. The smallest absolute Gasteiger partial charge is 0.0991 e. The average Bonchev–Trinajstić information content (AvgIpc) is 2.40. The summed E-state index contributed by atoms with van der Waals surface area (Å²) in [6.07, 6.45) is 0. The largest absolute Gasteiger partial charge is 0.254 e. The average molecular weight is 241 g/mol. The third kappa shape index (κ3) is 3.02. The third-order valence-corrected chi connectivity index (χ3v) is 3.75. The van der Waals surface area contributed by atoms with E-state index in [2.05, 4.69) is 6.07 Å². The molecule has 0 heterocycles. The van der Waals surface area contributed by atoms with E-state index in [0.717, 1.165) is 10.5 Å². The minimum Gasteiger partial charge on any atom is -0.254 e. The lowest BCUT2D eigenvalue weighted by Gasteiger charge is -2.02. The Morgan fingerprint density at radius 1 is 1.06 bits per heavy atom. The third-order valence-electron chi connectivity index (χ3n) is 2.36. The lowest BCUT2D eigenvalue weighted by Crippen LogP contribution is -1.96. The van der Waals surface area contributed by atoms with E-state index < -0.39 is 10.8 Å². The number of hydrogen-bond donors (Lipinski definition) is 0. The van der Waals surface area contributed by atoms with Crippen LogP contribution in [0.25, 0.3) is 0 Å². The molecule has 0 radical (unpaired) electrons. The Morgan fingerprint density at radius 3 is 2.53 bits per heavy atom.